The number of hydrogen-bond acceptors (Lipinski definition) is 3. The summed E-state index contributed by atoms with van der Waals surface area (Å²) >= 11 is 0. The lowest BCUT2D eigenvalue weighted by molar-refractivity contribution is -0.274. The van der Waals surface area contributed by atoms with E-state index in [9.17, 15) is 18.0 Å². The lowest BCUT2D eigenvalue weighted by Gasteiger charge is -2.13. The predicted octanol–water partition coefficient (Wildman–Crippen LogP) is 3.82. The Morgan fingerprint density at radius 2 is 1.38 bits per heavy atom. The molecule has 0 atom stereocenters. The summed E-state index contributed by atoms with van der Waals surface area (Å²) in [6.45, 7) is 0. The fraction of sp³-hybridized carbons (Fsp3) is 0.133. The quantitative estimate of drug-likeness (QED) is 0.804. The second-order valence-electron chi connectivity index (χ2n) is 4.07. The summed E-state index contributed by atoms with van der Waals surface area (Å²) < 4.78 is 46.1. The molecule has 0 saturated heterocycles. The van der Waals surface area contributed by atoms with Gasteiger partial charge in [0, 0.05) is 0 Å². The lowest BCUT2D eigenvalue weighted by Crippen LogP contribution is -2.19. The van der Waals surface area contributed by atoms with Crippen molar-refractivity contribution in [3.8, 4) is 11.5 Å². The SMILES string of the molecule is COc1ccccc1C(=O)c1ccccc1OC(F)(F)F. The third kappa shape index (κ3) is 3.53. The van der Waals surface area contributed by atoms with Gasteiger partial charge in [-0.2, -0.15) is 0 Å². The van der Waals surface area contributed by atoms with E-state index in [4.69, 9.17) is 4.74 Å². The molecule has 0 spiro atoms. The van der Waals surface area contributed by atoms with Gasteiger partial charge in [-0.15, -0.1) is 13.2 Å². The largest absolute Gasteiger partial charge is 0.573 e. The highest BCUT2D eigenvalue weighted by molar-refractivity contribution is 6.12. The van der Waals surface area contributed by atoms with Gasteiger partial charge in [-0.1, -0.05) is 24.3 Å². The third-order valence-electron chi connectivity index (χ3n) is 2.71. The molecule has 21 heavy (non-hydrogen) atoms. The van der Waals surface area contributed by atoms with Crippen molar-refractivity contribution in [1.29, 1.82) is 0 Å². The van der Waals surface area contributed by atoms with Crippen LogP contribution in [0.15, 0.2) is 48.5 Å². The molecule has 2 aromatic carbocycles. The molecule has 0 radical (unpaired) electrons. The highest BCUT2D eigenvalue weighted by atomic mass is 19.4. The highest BCUT2D eigenvalue weighted by Crippen LogP contribution is 2.30. The summed E-state index contributed by atoms with van der Waals surface area (Å²) in [4.78, 5) is 12.4. The van der Waals surface area contributed by atoms with Crippen LogP contribution in [0.25, 0.3) is 0 Å². The lowest BCUT2D eigenvalue weighted by atomic mass is 10.0. The first-order valence-corrected chi connectivity index (χ1v) is 5.95. The molecule has 0 aliphatic rings. The molecule has 0 heterocycles. The number of para-hydroxylation sites is 2. The predicted molar refractivity (Wildman–Crippen MR) is 69.6 cm³/mol. The number of rotatable bonds is 4. The maximum atomic E-state index is 12.4. The zero-order valence-corrected chi connectivity index (χ0v) is 11.0. The fourth-order valence-corrected chi connectivity index (χ4v) is 1.85. The Morgan fingerprint density at radius 3 is 1.90 bits per heavy atom. The van der Waals surface area contributed by atoms with E-state index < -0.39 is 17.9 Å². The van der Waals surface area contributed by atoms with Crippen LogP contribution in [0.2, 0.25) is 0 Å². The second-order valence-corrected chi connectivity index (χ2v) is 4.07. The minimum atomic E-state index is -4.86. The maximum absolute atomic E-state index is 12.4. The van der Waals surface area contributed by atoms with Crippen LogP contribution in [0.1, 0.15) is 15.9 Å². The van der Waals surface area contributed by atoms with E-state index in [-0.39, 0.29) is 16.9 Å². The Morgan fingerprint density at radius 1 is 0.905 bits per heavy atom. The molecule has 0 aliphatic carbocycles. The van der Waals surface area contributed by atoms with Crippen LogP contribution in [-0.2, 0) is 0 Å². The van der Waals surface area contributed by atoms with Gasteiger partial charge < -0.3 is 9.47 Å². The van der Waals surface area contributed by atoms with Crippen molar-refractivity contribution >= 4 is 5.78 Å². The van der Waals surface area contributed by atoms with Gasteiger partial charge in [-0.25, -0.2) is 0 Å². The summed E-state index contributed by atoms with van der Waals surface area (Å²) in [6.07, 6.45) is -4.86. The average molecular weight is 296 g/mol. The van der Waals surface area contributed by atoms with Crippen LogP contribution >= 0.6 is 0 Å². The zero-order valence-electron chi connectivity index (χ0n) is 11.0. The summed E-state index contributed by atoms with van der Waals surface area (Å²) in [7, 11) is 1.38. The van der Waals surface area contributed by atoms with Gasteiger partial charge in [0.1, 0.15) is 11.5 Å². The summed E-state index contributed by atoms with van der Waals surface area (Å²) in [6, 6.07) is 11.5. The zero-order chi connectivity index (χ0) is 15.5. The van der Waals surface area contributed by atoms with Crippen molar-refractivity contribution in [2.75, 3.05) is 7.11 Å². The molecule has 6 heteroatoms. The number of ether oxygens (including phenoxy) is 2. The molecule has 0 unspecified atom stereocenters. The van der Waals surface area contributed by atoms with Crippen molar-refractivity contribution in [1.82, 2.24) is 0 Å². The van der Waals surface area contributed by atoms with Crippen LogP contribution in [0.5, 0.6) is 11.5 Å². The average Bonchev–Trinajstić information content (AvgIpc) is 2.45. The Bertz CT molecular complexity index is 651. The molecular formula is C15H11F3O3. The summed E-state index contributed by atoms with van der Waals surface area (Å²) in [5.74, 6) is -0.863. The van der Waals surface area contributed by atoms with Crippen molar-refractivity contribution in [2.24, 2.45) is 0 Å². The monoisotopic (exact) mass is 296 g/mol. The molecule has 2 aromatic rings. The number of ketones is 1. The van der Waals surface area contributed by atoms with E-state index >= 15 is 0 Å². The number of alkyl halides is 3. The Labute approximate surface area is 118 Å². The number of methoxy groups -OCH3 is 1. The topological polar surface area (TPSA) is 35.5 Å². The van der Waals surface area contributed by atoms with Gasteiger partial charge in [0.2, 0.25) is 0 Å². The molecule has 0 aromatic heterocycles. The Kier molecular flexibility index (Phi) is 4.16. The Balaban J connectivity index is 2.44. The van der Waals surface area contributed by atoms with E-state index in [0.29, 0.717) is 0 Å². The van der Waals surface area contributed by atoms with E-state index in [1.807, 2.05) is 0 Å². The van der Waals surface area contributed by atoms with Crippen LogP contribution in [0.3, 0.4) is 0 Å². The van der Waals surface area contributed by atoms with Crippen LogP contribution in [0.4, 0.5) is 13.2 Å². The molecule has 0 saturated carbocycles. The third-order valence-corrected chi connectivity index (χ3v) is 2.71. The molecule has 2 rings (SSSR count). The van der Waals surface area contributed by atoms with Crippen molar-refractivity contribution in [3.63, 3.8) is 0 Å². The highest BCUT2D eigenvalue weighted by Gasteiger charge is 2.33. The van der Waals surface area contributed by atoms with Crippen LogP contribution in [-0.4, -0.2) is 19.3 Å². The van der Waals surface area contributed by atoms with Gasteiger partial charge in [-0.05, 0) is 24.3 Å². The molecule has 3 nitrogen and oxygen atoms in total. The number of halogens is 3. The van der Waals surface area contributed by atoms with Crippen LogP contribution < -0.4 is 9.47 Å². The first-order valence-electron chi connectivity index (χ1n) is 5.95. The molecule has 0 amide bonds. The molecule has 0 bridgehead atoms. The standard InChI is InChI=1S/C15H11F3O3/c1-20-12-8-4-2-6-10(12)14(19)11-7-3-5-9-13(11)21-15(16,17)18/h2-9H,1H3. The number of carbonyl (C=O) groups excluding carboxylic acids is 1. The molecule has 0 N–H and O–H groups in total. The maximum Gasteiger partial charge on any atom is 0.573 e. The molecular weight excluding hydrogens is 285 g/mol. The van der Waals surface area contributed by atoms with Gasteiger partial charge in [0.05, 0.1) is 18.2 Å². The van der Waals surface area contributed by atoms with Crippen molar-refractivity contribution in [2.45, 2.75) is 6.36 Å². The van der Waals surface area contributed by atoms with E-state index in [0.717, 1.165) is 6.07 Å². The minimum Gasteiger partial charge on any atom is -0.496 e. The van der Waals surface area contributed by atoms with Gasteiger partial charge >= 0.3 is 6.36 Å². The van der Waals surface area contributed by atoms with Crippen molar-refractivity contribution < 1.29 is 27.4 Å². The molecule has 0 aliphatic heterocycles. The number of carbonyl (C=O) groups is 1. The van der Waals surface area contributed by atoms with Crippen molar-refractivity contribution in [3.05, 3.63) is 59.7 Å². The Hall–Kier alpha value is -2.50. The molecule has 110 valence electrons. The number of benzene rings is 2. The smallest absolute Gasteiger partial charge is 0.496 e. The normalized spacial score (nSPS) is 11.0. The summed E-state index contributed by atoms with van der Waals surface area (Å²) in [5.41, 5.74) is -0.0162. The minimum absolute atomic E-state index is 0.165. The van der Waals surface area contributed by atoms with Gasteiger partial charge in [0.15, 0.2) is 5.78 Å². The second kappa shape index (κ2) is 5.87. The molecule has 0 fully saturated rings. The van der Waals surface area contributed by atoms with E-state index in [1.54, 1.807) is 18.2 Å². The van der Waals surface area contributed by atoms with E-state index in [2.05, 4.69) is 4.74 Å². The van der Waals surface area contributed by atoms with Gasteiger partial charge in [-0.3, -0.25) is 4.79 Å². The first kappa shape index (κ1) is 14.9. The first-order chi connectivity index (χ1) is 9.92. The summed E-state index contributed by atoms with van der Waals surface area (Å²) in [5, 5.41) is 0. The van der Waals surface area contributed by atoms with E-state index in [1.165, 1.54) is 31.4 Å². The number of hydrogen-bond donors (Lipinski definition) is 0. The van der Waals surface area contributed by atoms with Gasteiger partial charge in [0.25, 0.3) is 0 Å². The fourth-order valence-electron chi connectivity index (χ4n) is 1.85. The van der Waals surface area contributed by atoms with Crippen LogP contribution in [0, 0.1) is 0 Å².